The average Bonchev–Trinajstić information content (AvgIpc) is 2.29. The number of nitrogens with one attached hydrogen (secondary N) is 1. The van der Waals surface area contributed by atoms with Crippen LogP contribution in [0.3, 0.4) is 0 Å². The average molecular weight is 189 g/mol. The highest BCUT2D eigenvalue weighted by Gasteiger charge is 2.31. The molecule has 1 aromatic rings. The standard InChI is InChI=1S/C12H15NO/c1-2-4-10-9(3-1)5-6-11-12(10)14-8-7-13-11/h1-4,11-13H,5-8H2/t11-,12-/m1/s1. The van der Waals surface area contributed by atoms with E-state index in [1.54, 1.807) is 0 Å². The Morgan fingerprint density at radius 3 is 3.21 bits per heavy atom. The van der Waals surface area contributed by atoms with Gasteiger partial charge in [-0.1, -0.05) is 24.3 Å². The second-order valence-electron chi connectivity index (χ2n) is 4.09. The van der Waals surface area contributed by atoms with Crippen molar-refractivity contribution < 1.29 is 4.74 Å². The van der Waals surface area contributed by atoms with Crippen LogP contribution < -0.4 is 5.32 Å². The molecule has 0 amide bonds. The molecule has 1 heterocycles. The maximum absolute atomic E-state index is 5.85. The zero-order chi connectivity index (χ0) is 9.38. The van der Waals surface area contributed by atoms with Crippen molar-refractivity contribution in [2.24, 2.45) is 0 Å². The third-order valence-electron chi connectivity index (χ3n) is 3.26. The lowest BCUT2D eigenvalue weighted by Gasteiger charge is -2.37. The van der Waals surface area contributed by atoms with Crippen LogP contribution in [0.4, 0.5) is 0 Å². The smallest absolute Gasteiger partial charge is 0.0981 e. The van der Waals surface area contributed by atoms with E-state index < -0.39 is 0 Å². The molecule has 1 fully saturated rings. The quantitative estimate of drug-likeness (QED) is 0.670. The summed E-state index contributed by atoms with van der Waals surface area (Å²) in [6, 6.07) is 9.20. The number of fused-ring (bicyclic) bond motifs is 3. The Balaban J connectivity index is 1.99. The molecule has 2 nitrogen and oxygen atoms in total. The van der Waals surface area contributed by atoms with E-state index in [-0.39, 0.29) is 0 Å². The Bertz CT molecular complexity index is 337. The van der Waals surface area contributed by atoms with Gasteiger partial charge >= 0.3 is 0 Å². The van der Waals surface area contributed by atoms with Crippen LogP contribution in [0.15, 0.2) is 24.3 Å². The summed E-state index contributed by atoms with van der Waals surface area (Å²) >= 11 is 0. The van der Waals surface area contributed by atoms with Gasteiger partial charge in [0.05, 0.1) is 12.7 Å². The molecule has 3 rings (SSSR count). The van der Waals surface area contributed by atoms with Gasteiger partial charge in [0.1, 0.15) is 0 Å². The van der Waals surface area contributed by atoms with Crippen molar-refractivity contribution in [2.45, 2.75) is 25.0 Å². The Hall–Kier alpha value is -0.860. The van der Waals surface area contributed by atoms with Gasteiger partial charge in [0.25, 0.3) is 0 Å². The Kier molecular flexibility index (Phi) is 2.03. The van der Waals surface area contributed by atoms with Gasteiger partial charge in [-0.05, 0) is 24.0 Å². The molecule has 0 radical (unpaired) electrons. The molecule has 0 aromatic heterocycles. The van der Waals surface area contributed by atoms with Crippen LogP contribution in [0.25, 0.3) is 0 Å². The van der Waals surface area contributed by atoms with Crippen molar-refractivity contribution in [1.82, 2.24) is 5.32 Å². The van der Waals surface area contributed by atoms with E-state index in [1.165, 1.54) is 24.0 Å². The molecular weight excluding hydrogens is 174 g/mol. The van der Waals surface area contributed by atoms with E-state index in [0.29, 0.717) is 12.1 Å². The number of hydrogen-bond acceptors (Lipinski definition) is 2. The molecule has 0 saturated carbocycles. The highest BCUT2D eigenvalue weighted by Crippen LogP contribution is 2.33. The lowest BCUT2D eigenvalue weighted by molar-refractivity contribution is -0.0127. The van der Waals surface area contributed by atoms with Crippen molar-refractivity contribution >= 4 is 0 Å². The zero-order valence-electron chi connectivity index (χ0n) is 8.20. The summed E-state index contributed by atoms with van der Waals surface area (Å²) in [4.78, 5) is 0. The van der Waals surface area contributed by atoms with Gasteiger partial charge in [-0.2, -0.15) is 0 Å². The molecule has 74 valence electrons. The summed E-state index contributed by atoms with van der Waals surface area (Å²) in [5, 5.41) is 3.54. The Labute approximate surface area is 84.3 Å². The summed E-state index contributed by atoms with van der Waals surface area (Å²) in [6.07, 6.45) is 2.70. The molecule has 2 atom stereocenters. The molecule has 14 heavy (non-hydrogen) atoms. The minimum absolute atomic E-state index is 0.300. The molecule has 2 heteroatoms. The molecule has 1 saturated heterocycles. The number of rotatable bonds is 0. The van der Waals surface area contributed by atoms with Crippen LogP contribution in [0.5, 0.6) is 0 Å². The van der Waals surface area contributed by atoms with Gasteiger partial charge in [0, 0.05) is 12.6 Å². The molecular formula is C12H15NO. The van der Waals surface area contributed by atoms with Gasteiger partial charge in [-0.15, -0.1) is 0 Å². The number of benzene rings is 1. The van der Waals surface area contributed by atoms with Crippen LogP contribution in [0.2, 0.25) is 0 Å². The first-order chi connectivity index (χ1) is 6.95. The van der Waals surface area contributed by atoms with Gasteiger partial charge in [-0.3, -0.25) is 0 Å². The van der Waals surface area contributed by atoms with Crippen molar-refractivity contribution in [3.05, 3.63) is 35.4 Å². The number of aryl methyl sites for hydroxylation is 1. The van der Waals surface area contributed by atoms with E-state index in [4.69, 9.17) is 4.74 Å². The summed E-state index contributed by atoms with van der Waals surface area (Å²) in [7, 11) is 0. The van der Waals surface area contributed by atoms with Gasteiger partial charge < -0.3 is 10.1 Å². The van der Waals surface area contributed by atoms with E-state index in [0.717, 1.165) is 13.2 Å². The normalized spacial score (nSPS) is 30.6. The summed E-state index contributed by atoms with van der Waals surface area (Å²) < 4.78 is 5.85. The van der Waals surface area contributed by atoms with Crippen molar-refractivity contribution in [3.8, 4) is 0 Å². The minimum Gasteiger partial charge on any atom is -0.371 e. The van der Waals surface area contributed by atoms with E-state index in [9.17, 15) is 0 Å². The highest BCUT2D eigenvalue weighted by molar-refractivity contribution is 5.33. The molecule has 0 spiro atoms. The first-order valence-corrected chi connectivity index (χ1v) is 5.38. The molecule has 2 aliphatic rings. The second kappa shape index (κ2) is 3.37. The summed E-state index contributed by atoms with van der Waals surface area (Å²) in [6.45, 7) is 1.85. The van der Waals surface area contributed by atoms with Crippen molar-refractivity contribution in [3.63, 3.8) is 0 Å². The van der Waals surface area contributed by atoms with E-state index in [2.05, 4.69) is 29.6 Å². The number of morpholine rings is 1. The number of ether oxygens (including phenoxy) is 1. The fraction of sp³-hybridized carbons (Fsp3) is 0.500. The van der Waals surface area contributed by atoms with Gasteiger partial charge in [0.2, 0.25) is 0 Å². The first-order valence-electron chi connectivity index (χ1n) is 5.38. The predicted octanol–water partition coefficient (Wildman–Crippen LogP) is 1.66. The lowest BCUT2D eigenvalue weighted by Crippen LogP contribution is -2.45. The van der Waals surface area contributed by atoms with E-state index >= 15 is 0 Å². The lowest BCUT2D eigenvalue weighted by atomic mass is 9.85. The van der Waals surface area contributed by atoms with Crippen molar-refractivity contribution in [1.29, 1.82) is 0 Å². The predicted molar refractivity (Wildman–Crippen MR) is 55.2 cm³/mol. The summed E-state index contributed by atoms with van der Waals surface area (Å²) in [5.41, 5.74) is 2.87. The fourth-order valence-corrected chi connectivity index (χ4v) is 2.56. The maximum atomic E-state index is 5.85. The molecule has 1 aliphatic carbocycles. The second-order valence-corrected chi connectivity index (χ2v) is 4.09. The summed E-state index contributed by atoms with van der Waals surface area (Å²) in [5.74, 6) is 0. The van der Waals surface area contributed by atoms with Gasteiger partial charge in [-0.25, -0.2) is 0 Å². The molecule has 1 aromatic carbocycles. The zero-order valence-corrected chi connectivity index (χ0v) is 8.20. The number of hydrogen-bond donors (Lipinski definition) is 1. The monoisotopic (exact) mass is 189 g/mol. The van der Waals surface area contributed by atoms with Crippen LogP contribution in [0, 0.1) is 0 Å². The largest absolute Gasteiger partial charge is 0.371 e. The Morgan fingerprint density at radius 1 is 1.29 bits per heavy atom. The van der Waals surface area contributed by atoms with Crippen molar-refractivity contribution in [2.75, 3.05) is 13.2 Å². The van der Waals surface area contributed by atoms with Crippen LogP contribution in [-0.4, -0.2) is 19.2 Å². The first kappa shape index (κ1) is 8.45. The maximum Gasteiger partial charge on any atom is 0.0981 e. The molecule has 1 aliphatic heterocycles. The minimum atomic E-state index is 0.300. The van der Waals surface area contributed by atoms with Crippen LogP contribution in [-0.2, 0) is 11.2 Å². The SMILES string of the molecule is c1ccc2c(c1)CC[C@H]1NCCO[C@H]21. The van der Waals surface area contributed by atoms with Crippen LogP contribution in [0.1, 0.15) is 23.7 Å². The topological polar surface area (TPSA) is 21.3 Å². The van der Waals surface area contributed by atoms with Crippen LogP contribution >= 0.6 is 0 Å². The van der Waals surface area contributed by atoms with E-state index in [1.807, 2.05) is 0 Å². The fourth-order valence-electron chi connectivity index (χ4n) is 2.56. The third kappa shape index (κ3) is 1.26. The highest BCUT2D eigenvalue weighted by atomic mass is 16.5. The van der Waals surface area contributed by atoms with Gasteiger partial charge in [0.15, 0.2) is 0 Å². The molecule has 0 unspecified atom stereocenters. The molecule has 0 bridgehead atoms. The third-order valence-corrected chi connectivity index (χ3v) is 3.26. The Morgan fingerprint density at radius 2 is 2.21 bits per heavy atom. The molecule has 1 N–H and O–H groups in total.